The molecule has 8 heteroatoms. The van der Waals surface area contributed by atoms with Gasteiger partial charge in [0.2, 0.25) is 10.0 Å². The largest absolute Gasteiger partial charge is 0.481 e. The third-order valence-electron chi connectivity index (χ3n) is 3.91. The summed E-state index contributed by atoms with van der Waals surface area (Å²) in [7, 11) is -3.43. The topological polar surface area (TPSA) is 113 Å². The summed E-state index contributed by atoms with van der Waals surface area (Å²) in [5.74, 6) is -1.59. The van der Waals surface area contributed by atoms with Crippen LogP contribution in [0.25, 0.3) is 0 Å². The Hall–Kier alpha value is -2.09. The van der Waals surface area contributed by atoms with Crippen LogP contribution in [-0.2, 0) is 14.8 Å². The van der Waals surface area contributed by atoms with E-state index in [9.17, 15) is 18.0 Å². The molecule has 2 rings (SSSR count). The first-order valence-electron chi connectivity index (χ1n) is 7.28. The number of carboxylic acid groups (broad SMARTS) is 1. The lowest BCUT2D eigenvalue weighted by atomic mass is 10.1. The van der Waals surface area contributed by atoms with E-state index in [1.807, 2.05) is 0 Å². The first kappa shape index (κ1) is 17.3. The second kappa shape index (κ2) is 6.57. The molecule has 0 aromatic heterocycles. The van der Waals surface area contributed by atoms with Gasteiger partial charge >= 0.3 is 5.97 Å². The van der Waals surface area contributed by atoms with Crippen LogP contribution in [-0.4, -0.2) is 37.7 Å². The van der Waals surface area contributed by atoms with Gasteiger partial charge in [-0.1, -0.05) is 6.07 Å². The molecule has 1 aromatic carbocycles. The summed E-state index contributed by atoms with van der Waals surface area (Å²) >= 11 is 0. The van der Waals surface area contributed by atoms with Gasteiger partial charge in [0.25, 0.3) is 5.91 Å². The number of amides is 1. The van der Waals surface area contributed by atoms with Crippen LogP contribution in [0.2, 0.25) is 0 Å². The highest BCUT2D eigenvalue weighted by atomic mass is 32.2. The maximum Gasteiger partial charge on any atom is 0.306 e. The van der Waals surface area contributed by atoms with E-state index in [-0.39, 0.29) is 11.9 Å². The second-order valence-electron chi connectivity index (χ2n) is 5.92. The van der Waals surface area contributed by atoms with Gasteiger partial charge in [0.15, 0.2) is 0 Å². The summed E-state index contributed by atoms with van der Waals surface area (Å²) < 4.78 is 25.1. The zero-order valence-electron chi connectivity index (χ0n) is 13.0. The molecule has 0 aliphatic heterocycles. The Balaban J connectivity index is 2.08. The molecule has 1 saturated carbocycles. The molecule has 1 aliphatic rings. The first-order valence-corrected chi connectivity index (χ1v) is 9.17. The number of carboxylic acids is 1. The van der Waals surface area contributed by atoms with Crippen LogP contribution < -0.4 is 10.0 Å². The predicted molar refractivity (Wildman–Crippen MR) is 85.9 cm³/mol. The SMILES string of the molecule is Cc1ccc(C(=O)N[C@H]2CC[C@@H](C(=O)O)C2)cc1NS(C)(=O)=O. The Morgan fingerprint density at radius 1 is 1.26 bits per heavy atom. The fourth-order valence-corrected chi connectivity index (χ4v) is 3.30. The minimum absolute atomic E-state index is 0.170. The van der Waals surface area contributed by atoms with E-state index in [4.69, 9.17) is 5.11 Å². The van der Waals surface area contributed by atoms with Gasteiger partial charge < -0.3 is 10.4 Å². The van der Waals surface area contributed by atoms with Gasteiger partial charge in [-0.25, -0.2) is 8.42 Å². The van der Waals surface area contributed by atoms with E-state index in [1.54, 1.807) is 19.1 Å². The van der Waals surface area contributed by atoms with Crippen molar-refractivity contribution in [2.45, 2.75) is 32.2 Å². The Bertz CT molecular complexity index is 729. The molecular formula is C15H20N2O5S. The van der Waals surface area contributed by atoms with Crippen LogP contribution in [0.1, 0.15) is 35.2 Å². The summed E-state index contributed by atoms with van der Waals surface area (Å²) in [4.78, 5) is 23.2. The fourth-order valence-electron chi connectivity index (χ4n) is 2.68. The molecule has 0 bridgehead atoms. The number of sulfonamides is 1. The summed E-state index contributed by atoms with van der Waals surface area (Å²) in [5, 5.41) is 11.8. The number of anilines is 1. The molecule has 0 spiro atoms. The second-order valence-corrected chi connectivity index (χ2v) is 7.67. The van der Waals surface area contributed by atoms with Crippen molar-refractivity contribution >= 4 is 27.6 Å². The van der Waals surface area contributed by atoms with Gasteiger partial charge in [0.05, 0.1) is 17.9 Å². The van der Waals surface area contributed by atoms with Crippen molar-refractivity contribution in [1.29, 1.82) is 0 Å². The molecule has 3 N–H and O–H groups in total. The number of carbonyl (C=O) groups excluding carboxylic acids is 1. The van der Waals surface area contributed by atoms with E-state index < -0.39 is 21.9 Å². The standard InChI is InChI=1S/C15H20N2O5S/c1-9-3-4-10(8-13(9)17-23(2,21)22)14(18)16-12-6-5-11(7-12)15(19)20/h3-4,8,11-12,17H,5-7H2,1-2H3,(H,16,18)(H,19,20)/t11-,12+/m1/s1. The van der Waals surface area contributed by atoms with Crippen LogP contribution in [0, 0.1) is 12.8 Å². The molecule has 0 saturated heterocycles. The molecule has 1 amide bonds. The number of rotatable bonds is 5. The summed E-state index contributed by atoms with van der Waals surface area (Å²) in [6.07, 6.45) is 2.64. The lowest BCUT2D eigenvalue weighted by molar-refractivity contribution is -0.141. The summed E-state index contributed by atoms with van der Waals surface area (Å²) in [5.41, 5.74) is 1.40. The van der Waals surface area contributed by atoms with E-state index in [0.29, 0.717) is 36.1 Å². The molecule has 126 valence electrons. The fraction of sp³-hybridized carbons (Fsp3) is 0.467. The number of aliphatic carboxylic acids is 1. The molecule has 0 radical (unpaired) electrons. The van der Waals surface area contributed by atoms with Crippen molar-refractivity contribution in [2.75, 3.05) is 11.0 Å². The highest BCUT2D eigenvalue weighted by Gasteiger charge is 2.30. The average molecular weight is 340 g/mol. The molecule has 0 unspecified atom stereocenters. The Morgan fingerprint density at radius 3 is 2.52 bits per heavy atom. The molecule has 1 aromatic rings. The van der Waals surface area contributed by atoms with Crippen LogP contribution >= 0.6 is 0 Å². The van der Waals surface area contributed by atoms with Crippen molar-refractivity contribution in [3.8, 4) is 0 Å². The maximum atomic E-state index is 12.3. The van der Waals surface area contributed by atoms with Gasteiger partial charge in [-0.2, -0.15) is 0 Å². The van der Waals surface area contributed by atoms with Crippen LogP contribution in [0.15, 0.2) is 18.2 Å². The normalized spacial score (nSPS) is 21.0. The number of nitrogens with one attached hydrogen (secondary N) is 2. The molecule has 0 heterocycles. The Kier molecular flexibility index (Phi) is 4.93. The third kappa shape index (κ3) is 4.69. The van der Waals surface area contributed by atoms with E-state index >= 15 is 0 Å². The average Bonchev–Trinajstić information content (AvgIpc) is 2.88. The van der Waals surface area contributed by atoms with Crippen LogP contribution in [0.5, 0.6) is 0 Å². The molecule has 2 atom stereocenters. The minimum Gasteiger partial charge on any atom is -0.481 e. The monoisotopic (exact) mass is 340 g/mol. The molecule has 1 fully saturated rings. The van der Waals surface area contributed by atoms with Gasteiger partial charge in [0, 0.05) is 11.6 Å². The van der Waals surface area contributed by atoms with Crippen molar-refractivity contribution < 1.29 is 23.1 Å². The lowest BCUT2D eigenvalue weighted by Gasteiger charge is -2.14. The van der Waals surface area contributed by atoms with Gasteiger partial charge in [-0.05, 0) is 43.9 Å². The zero-order chi connectivity index (χ0) is 17.2. The molecular weight excluding hydrogens is 320 g/mol. The van der Waals surface area contributed by atoms with Gasteiger partial charge in [0.1, 0.15) is 0 Å². The maximum absolute atomic E-state index is 12.3. The van der Waals surface area contributed by atoms with Gasteiger partial charge in [-0.3, -0.25) is 14.3 Å². The number of aryl methyl sites for hydroxylation is 1. The number of hydrogen-bond acceptors (Lipinski definition) is 4. The summed E-state index contributed by atoms with van der Waals surface area (Å²) in [6, 6.07) is 4.59. The van der Waals surface area contributed by atoms with Crippen molar-refractivity contribution in [1.82, 2.24) is 5.32 Å². The van der Waals surface area contributed by atoms with Gasteiger partial charge in [-0.15, -0.1) is 0 Å². The lowest BCUT2D eigenvalue weighted by Crippen LogP contribution is -2.33. The molecule has 1 aliphatic carbocycles. The number of hydrogen-bond donors (Lipinski definition) is 3. The molecule has 7 nitrogen and oxygen atoms in total. The zero-order valence-corrected chi connectivity index (χ0v) is 13.8. The van der Waals surface area contributed by atoms with Crippen LogP contribution in [0.4, 0.5) is 5.69 Å². The quantitative estimate of drug-likeness (QED) is 0.749. The van der Waals surface area contributed by atoms with Crippen molar-refractivity contribution in [2.24, 2.45) is 5.92 Å². The highest BCUT2D eigenvalue weighted by molar-refractivity contribution is 7.92. The Morgan fingerprint density at radius 2 is 1.96 bits per heavy atom. The number of benzene rings is 1. The Labute approximate surface area is 135 Å². The highest BCUT2D eigenvalue weighted by Crippen LogP contribution is 2.26. The minimum atomic E-state index is -3.43. The first-order chi connectivity index (χ1) is 10.7. The van der Waals surface area contributed by atoms with E-state index in [1.165, 1.54) is 6.07 Å². The predicted octanol–water partition coefficient (Wildman–Crippen LogP) is 1.35. The van der Waals surface area contributed by atoms with Crippen molar-refractivity contribution in [3.63, 3.8) is 0 Å². The van der Waals surface area contributed by atoms with Crippen molar-refractivity contribution in [3.05, 3.63) is 29.3 Å². The smallest absolute Gasteiger partial charge is 0.306 e. The van der Waals surface area contributed by atoms with E-state index in [2.05, 4.69) is 10.0 Å². The molecule has 23 heavy (non-hydrogen) atoms. The van der Waals surface area contributed by atoms with E-state index in [0.717, 1.165) is 6.26 Å². The number of carbonyl (C=O) groups is 2. The summed E-state index contributed by atoms with van der Waals surface area (Å²) in [6.45, 7) is 1.74. The van der Waals surface area contributed by atoms with Crippen LogP contribution in [0.3, 0.4) is 0 Å². The third-order valence-corrected chi connectivity index (χ3v) is 4.50.